The lowest BCUT2D eigenvalue weighted by Gasteiger charge is -2.31. The number of hydrogen-bond acceptors (Lipinski definition) is 7. The maximum absolute atomic E-state index is 12.2. The Morgan fingerprint density at radius 1 is 1.26 bits per heavy atom. The maximum atomic E-state index is 12.2. The van der Waals surface area contributed by atoms with E-state index in [1.807, 2.05) is 13.1 Å². The number of piperazine rings is 1. The number of aromatic nitrogens is 3. The van der Waals surface area contributed by atoms with Gasteiger partial charge in [0.15, 0.2) is 0 Å². The number of hydrogen-bond donors (Lipinski definition) is 1. The number of pyridine rings is 1. The van der Waals surface area contributed by atoms with E-state index in [0.29, 0.717) is 37.7 Å². The van der Waals surface area contributed by atoms with Crippen LogP contribution in [0.4, 0.5) is 0 Å². The van der Waals surface area contributed by atoms with Crippen molar-refractivity contribution in [2.24, 2.45) is 0 Å². The summed E-state index contributed by atoms with van der Waals surface area (Å²) in [5, 5.41) is 3.81. The topological polar surface area (TPSA) is 104 Å². The zero-order valence-electron chi connectivity index (χ0n) is 12.7. The van der Waals surface area contributed by atoms with E-state index in [1.54, 1.807) is 18.3 Å². The van der Waals surface area contributed by atoms with Crippen molar-refractivity contribution >= 4 is 10.2 Å². The summed E-state index contributed by atoms with van der Waals surface area (Å²) in [5.74, 6) is 0.530. The zero-order valence-corrected chi connectivity index (χ0v) is 13.5. The highest BCUT2D eigenvalue weighted by molar-refractivity contribution is 7.87. The van der Waals surface area contributed by atoms with E-state index in [-0.39, 0.29) is 12.4 Å². The molecule has 1 N–H and O–H groups in total. The van der Waals surface area contributed by atoms with Crippen LogP contribution >= 0.6 is 0 Å². The monoisotopic (exact) mass is 338 g/mol. The van der Waals surface area contributed by atoms with Gasteiger partial charge in [-0.2, -0.15) is 22.4 Å². The van der Waals surface area contributed by atoms with E-state index in [9.17, 15) is 8.42 Å². The molecule has 2 aromatic rings. The van der Waals surface area contributed by atoms with Crippen molar-refractivity contribution in [3.8, 4) is 11.5 Å². The highest BCUT2D eigenvalue weighted by Crippen LogP contribution is 2.12. The molecule has 0 unspecified atom stereocenters. The predicted octanol–water partition coefficient (Wildman–Crippen LogP) is -0.287. The summed E-state index contributed by atoms with van der Waals surface area (Å²) in [7, 11) is -1.58. The van der Waals surface area contributed by atoms with Gasteiger partial charge >= 0.3 is 0 Å². The largest absolute Gasteiger partial charge is 0.337 e. The van der Waals surface area contributed by atoms with Crippen LogP contribution in [0.15, 0.2) is 28.9 Å². The smallest absolute Gasteiger partial charge is 0.280 e. The minimum Gasteiger partial charge on any atom is -0.337 e. The van der Waals surface area contributed by atoms with Gasteiger partial charge in [0.1, 0.15) is 5.69 Å². The van der Waals surface area contributed by atoms with E-state index < -0.39 is 10.2 Å². The van der Waals surface area contributed by atoms with Gasteiger partial charge < -0.3 is 9.42 Å². The maximum Gasteiger partial charge on any atom is 0.280 e. The summed E-state index contributed by atoms with van der Waals surface area (Å²) >= 11 is 0. The van der Waals surface area contributed by atoms with Crippen molar-refractivity contribution < 1.29 is 12.9 Å². The van der Waals surface area contributed by atoms with Crippen LogP contribution in [-0.4, -0.2) is 66.0 Å². The first-order valence-electron chi connectivity index (χ1n) is 7.22. The fourth-order valence-electron chi connectivity index (χ4n) is 2.20. The van der Waals surface area contributed by atoms with Crippen molar-refractivity contribution in [1.82, 2.24) is 29.1 Å². The Morgan fingerprint density at radius 2 is 2.04 bits per heavy atom. The van der Waals surface area contributed by atoms with E-state index in [1.165, 1.54) is 4.31 Å². The minimum absolute atomic E-state index is 0.0471. The van der Waals surface area contributed by atoms with Crippen molar-refractivity contribution in [3.63, 3.8) is 0 Å². The molecule has 0 aromatic carbocycles. The van der Waals surface area contributed by atoms with Gasteiger partial charge in [0.25, 0.3) is 10.2 Å². The Kier molecular flexibility index (Phi) is 4.66. The molecule has 1 aliphatic heterocycles. The first kappa shape index (κ1) is 16.0. The first-order chi connectivity index (χ1) is 11.0. The summed E-state index contributed by atoms with van der Waals surface area (Å²) in [4.78, 5) is 10.3. The number of likely N-dealkylation sites (N-methyl/N-ethyl adjacent to an activating group) is 1. The molecule has 124 valence electrons. The number of rotatable bonds is 5. The van der Waals surface area contributed by atoms with E-state index in [4.69, 9.17) is 4.52 Å². The third-order valence-electron chi connectivity index (χ3n) is 3.57. The zero-order chi connectivity index (χ0) is 16.3. The fraction of sp³-hybridized carbons (Fsp3) is 0.462. The van der Waals surface area contributed by atoms with E-state index in [0.717, 1.165) is 0 Å². The van der Waals surface area contributed by atoms with Crippen molar-refractivity contribution in [1.29, 1.82) is 0 Å². The molecule has 1 aliphatic rings. The molecule has 1 fully saturated rings. The second kappa shape index (κ2) is 6.71. The molecular formula is C13H18N6O3S. The average Bonchev–Trinajstić information content (AvgIpc) is 3.03. The fourth-order valence-corrected chi connectivity index (χ4v) is 3.33. The Morgan fingerprint density at radius 3 is 2.74 bits per heavy atom. The first-order valence-corrected chi connectivity index (χ1v) is 8.66. The summed E-state index contributed by atoms with van der Waals surface area (Å²) in [6, 6.07) is 5.35. The van der Waals surface area contributed by atoms with Gasteiger partial charge in [-0.1, -0.05) is 11.2 Å². The van der Waals surface area contributed by atoms with Crippen LogP contribution in [0.3, 0.4) is 0 Å². The molecule has 3 rings (SSSR count). The molecule has 9 nitrogen and oxygen atoms in total. The summed E-state index contributed by atoms with van der Waals surface area (Å²) in [6.45, 7) is 2.31. The summed E-state index contributed by atoms with van der Waals surface area (Å²) in [6.07, 6.45) is 1.63. The highest BCUT2D eigenvalue weighted by atomic mass is 32.2. The van der Waals surface area contributed by atoms with E-state index in [2.05, 4.69) is 24.7 Å². The van der Waals surface area contributed by atoms with Gasteiger partial charge in [-0.15, -0.1) is 0 Å². The molecule has 0 spiro atoms. The van der Waals surface area contributed by atoms with Crippen LogP contribution in [-0.2, 0) is 16.8 Å². The Bertz CT molecular complexity index is 740. The quantitative estimate of drug-likeness (QED) is 0.799. The normalized spacial score (nSPS) is 17.4. The third-order valence-corrected chi connectivity index (χ3v) is 5.12. The van der Waals surface area contributed by atoms with Gasteiger partial charge in [0.05, 0.1) is 6.54 Å². The van der Waals surface area contributed by atoms with Crippen LogP contribution in [0.5, 0.6) is 0 Å². The van der Waals surface area contributed by atoms with Gasteiger partial charge in [-0.25, -0.2) is 0 Å². The average molecular weight is 338 g/mol. The molecule has 23 heavy (non-hydrogen) atoms. The third kappa shape index (κ3) is 3.91. The van der Waals surface area contributed by atoms with Gasteiger partial charge in [-0.3, -0.25) is 4.98 Å². The molecule has 0 radical (unpaired) electrons. The van der Waals surface area contributed by atoms with Crippen LogP contribution in [0.1, 0.15) is 5.89 Å². The SMILES string of the molecule is CN1CCN(S(=O)(=O)NCc2nc(-c3ccccn3)no2)CC1. The molecule has 0 amide bonds. The highest BCUT2D eigenvalue weighted by Gasteiger charge is 2.25. The van der Waals surface area contributed by atoms with Crippen LogP contribution in [0, 0.1) is 0 Å². The van der Waals surface area contributed by atoms with Gasteiger partial charge in [0.2, 0.25) is 11.7 Å². The Labute approximate surface area is 134 Å². The second-order valence-electron chi connectivity index (χ2n) is 5.26. The minimum atomic E-state index is -3.55. The lowest BCUT2D eigenvalue weighted by atomic mass is 10.3. The molecule has 2 aromatic heterocycles. The molecule has 0 atom stereocenters. The molecule has 0 aliphatic carbocycles. The molecule has 1 saturated heterocycles. The lowest BCUT2D eigenvalue weighted by molar-refractivity contribution is 0.220. The van der Waals surface area contributed by atoms with E-state index >= 15 is 0 Å². The second-order valence-corrected chi connectivity index (χ2v) is 7.01. The molecular weight excluding hydrogens is 320 g/mol. The van der Waals surface area contributed by atoms with Crippen LogP contribution in [0.25, 0.3) is 11.5 Å². The number of nitrogens with one attached hydrogen (secondary N) is 1. The van der Waals surface area contributed by atoms with Crippen molar-refractivity contribution in [3.05, 3.63) is 30.3 Å². The summed E-state index contributed by atoms with van der Waals surface area (Å²) in [5.41, 5.74) is 0.574. The number of nitrogens with zero attached hydrogens (tertiary/aromatic N) is 5. The molecule has 0 bridgehead atoms. The van der Waals surface area contributed by atoms with Gasteiger partial charge in [-0.05, 0) is 19.2 Å². The molecule has 0 saturated carbocycles. The molecule has 10 heteroatoms. The Balaban J connectivity index is 1.61. The van der Waals surface area contributed by atoms with Crippen molar-refractivity contribution in [2.75, 3.05) is 33.2 Å². The molecule has 3 heterocycles. The van der Waals surface area contributed by atoms with Crippen LogP contribution < -0.4 is 4.72 Å². The van der Waals surface area contributed by atoms with Crippen LogP contribution in [0.2, 0.25) is 0 Å². The van der Waals surface area contributed by atoms with Crippen molar-refractivity contribution in [2.45, 2.75) is 6.54 Å². The lowest BCUT2D eigenvalue weighted by Crippen LogP contribution is -2.50. The Hall–Kier alpha value is -1.88. The standard InChI is InChI=1S/C13H18N6O3S/c1-18-6-8-19(9-7-18)23(20,21)15-10-12-16-13(17-22-12)11-4-2-3-5-14-11/h2-5,15H,6-10H2,1H3. The predicted molar refractivity (Wildman–Crippen MR) is 82.4 cm³/mol. The van der Waals surface area contributed by atoms with Gasteiger partial charge in [0, 0.05) is 32.4 Å². The summed E-state index contributed by atoms with van der Waals surface area (Å²) < 4.78 is 33.4.